The van der Waals surface area contributed by atoms with Crippen LogP contribution in [0.2, 0.25) is 0 Å². The van der Waals surface area contributed by atoms with Crippen molar-refractivity contribution < 1.29 is 4.79 Å². The monoisotopic (exact) mass is 259 g/mol. The molecule has 4 heteroatoms. The lowest BCUT2D eigenvalue weighted by molar-refractivity contribution is -0.123. The molecule has 4 nitrogen and oxygen atoms in total. The second-order valence-electron chi connectivity index (χ2n) is 5.78. The third-order valence-corrected chi connectivity index (χ3v) is 2.44. The molecule has 0 aliphatic heterocycles. The van der Waals surface area contributed by atoms with Crippen molar-refractivity contribution in [3.05, 3.63) is 35.4 Å². The van der Waals surface area contributed by atoms with Crippen LogP contribution in [-0.2, 0) is 11.3 Å². The third-order valence-electron chi connectivity index (χ3n) is 2.44. The average molecular weight is 259 g/mol. The Bertz CT molecular complexity index is 483. The van der Waals surface area contributed by atoms with Gasteiger partial charge in [-0.05, 0) is 45.5 Å². The largest absolute Gasteiger partial charge is 0.350 e. The van der Waals surface area contributed by atoms with Crippen molar-refractivity contribution in [3.8, 4) is 6.07 Å². The van der Waals surface area contributed by atoms with Gasteiger partial charge in [-0.1, -0.05) is 12.1 Å². The molecule has 0 radical (unpaired) electrons. The van der Waals surface area contributed by atoms with Gasteiger partial charge in [0.1, 0.15) is 0 Å². The van der Waals surface area contributed by atoms with Crippen LogP contribution >= 0.6 is 0 Å². The number of carbonyl (C=O) groups excluding carboxylic acids is 1. The van der Waals surface area contributed by atoms with Crippen LogP contribution in [0.1, 0.15) is 31.9 Å². The number of amides is 1. The Morgan fingerprint density at radius 1 is 1.42 bits per heavy atom. The second-order valence-corrected chi connectivity index (χ2v) is 5.78. The number of likely N-dealkylation sites (N-methyl/N-ethyl adjacent to an activating group) is 1. The summed E-state index contributed by atoms with van der Waals surface area (Å²) < 4.78 is 0. The van der Waals surface area contributed by atoms with Crippen LogP contribution in [0, 0.1) is 11.3 Å². The smallest absolute Gasteiger partial charge is 0.234 e. The maximum atomic E-state index is 11.8. The van der Waals surface area contributed by atoms with Gasteiger partial charge < -0.3 is 5.32 Å². The van der Waals surface area contributed by atoms with Gasteiger partial charge in [-0.2, -0.15) is 5.26 Å². The normalized spacial score (nSPS) is 11.2. The first-order valence-corrected chi connectivity index (χ1v) is 6.29. The molecule has 0 unspecified atom stereocenters. The van der Waals surface area contributed by atoms with Crippen molar-refractivity contribution in [3.63, 3.8) is 0 Å². The molecule has 0 fully saturated rings. The molecular weight excluding hydrogens is 238 g/mol. The van der Waals surface area contributed by atoms with Crippen LogP contribution in [0.4, 0.5) is 0 Å². The molecule has 0 aromatic heterocycles. The van der Waals surface area contributed by atoms with Crippen LogP contribution in [0.3, 0.4) is 0 Å². The van der Waals surface area contributed by atoms with E-state index in [0.29, 0.717) is 18.7 Å². The summed E-state index contributed by atoms with van der Waals surface area (Å²) >= 11 is 0. The fourth-order valence-corrected chi connectivity index (χ4v) is 1.81. The maximum absolute atomic E-state index is 11.8. The van der Waals surface area contributed by atoms with Gasteiger partial charge in [0, 0.05) is 12.1 Å². The van der Waals surface area contributed by atoms with Crippen LogP contribution in [-0.4, -0.2) is 29.9 Å². The molecule has 1 aromatic rings. The van der Waals surface area contributed by atoms with Crippen LogP contribution in [0.5, 0.6) is 0 Å². The Morgan fingerprint density at radius 2 is 2.11 bits per heavy atom. The summed E-state index contributed by atoms with van der Waals surface area (Å²) in [5, 5.41) is 11.8. The molecular formula is C15H21N3O. The number of nitrogens with one attached hydrogen (secondary N) is 1. The SMILES string of the molecule is CN(CC(=O)NC(C)(C)C)Cc1cccc(C#N)c1. The standard InChI is InChI=1S/C15H21N3O/c1-15(2,3)17-14(19)11-18(4)10-13-7-5-6-12(8-13)9-16/h5-8H,10-11H2,1-4H3,(H,17,19). The summed E-state index contributed by atoms with van der Waals surface area (Å²) in [6, 6.07) is 9.55. The second kappa shape index (κ2) is 6.35. The Kier molecular flexibility index (Phi) is 5.08. The minimum Gasteiger partial charge on any atom is -0.350 e. The molecule has 1 rings (SSSR count). The maximum Gasteiger partial charge on any atom is 0.234 e. The molecule has 0 saturated carbocycles. The number of carbonyl (C=O) groups is 1. The number of hydrogen-bond donors (Lipinski definition) is 1. The van der Waals surface area contributed by atoms with Crippen molar-refractivity contribution in [1.82, 2.24) is 10.2 Å². The van der Waals surface area contributed by atoms with Crippen LogP contribution in [0.25, 0.3) is 0 Å². The average Bonchev–Trinajstić information content (AvgIpc) is 2.26. The minimum absolute atomic E-state index is 0.00596. The molecule has 0 aliphatic carbocycles. The van der Waals surface area contributed by atoms with Gasteiger partial charge in [0.25, 0.3) is 0 Å². The fourth-order valence-electron chi connectivity index (χ4n) is 1.81. The summed E-state index contributed by atoms with van der Waals surface area (Å²) in [7, 11) is 1.89. The highest BCUT2D eigenvalue weighted by Crippen LogP contribution is 2.07. The highest BCUT2D eigenvalue weighted by molar-refractivity contribution is 5.78. The van der Waals surface area contributed by atoms with E-state index in [-0.39, 0.29) is 11.4 Å². The Morgan fingerprint density at radius 3 is 2.68 bits per heavy atom. The number of nitrogens with zero attached hydrogens (tertiary/aromatic N) is 2. The number of benzene rings is 1. The van der Waals surface area contributed by atoms with E-state index >= 15 is 0 Å². The zero-order valence-corrected chi connectivity index (χ0v) is 12.0. The van der Waals surface area contributed by atoms with E-state index in [1.54, 1.807) is 6.07 Å². The molecule has 0 bridgehead atoms. The van der Waals surface area contributed by atoms with E-state index < -0.39 is 0 Å². The first-order chi connectivity index (χ1) is 8.80. The molecule has 0 spiro atoms. The van der Waals surface area contributed by atoms with E-state index in [1.165, 1.54) is 0 Å². The molecule has 0 saturated heterocycles. The predicted octanol–water partition coefficient (Wildman–Crippen LogP) is 1.90. The number of nitriles is 1. The van der Waals surface area contributed by atoms with Crippen LogP contribution in [0.15, 0.2) is 24.3 Å². The van der Waals surface area contributed by atoms with Gasteiger partial charge in [-0.15, -0.1) is 0 Å². The van der Waals surface area contributed by atoms with E-state index in [9.17, 15) is 4.79 Å². The highest BCUT2D eigenvalue weighted by Gasteiger charge is 2.15. The summed E-state index contributed by atoms with van der Waals surface area (Å²) in [5.74, 6) is 0.00596. The van der Waals surface area contributed by atoms with Crippen molar-refractivity contribution in [2.24, 2.45) is 0 Å². The molecule has 19 heavy (non-hydrogen) atoms. The fraction of sp³-hybridized carbons (Fsp3) is 0.467. The molecule has 102 valence electrons. The molecule has 1 amide bonds. The van der Waals surface area contributed by atoms with E-state index in [1.807, 2.05) is 50.9 Å². The Balaban J connectivity index is 2.53. The first-order valence-electron chi connectivity index (χ1n) is 6.29. The van der Waals surface area contributed by atoms with Gasteiger partial charge in [-0.3, -0.25) is 9.69 Å². The lowest BCUT2D eigenvalue weighted by Crippen LogP contribution is -2.45. The zero-order valence-electron chi connectivity index (χ0n) is 12.0. The molecule has 0 heterocycles. The van der Waals surface area contributed by atoms with Gasteiger partial charge >= 0.3 is 0 Å². The van der Waals surface area contributed by atoms with Gasteiger partial charge in [0.2, 0.25) is 5.91 Å². The quantitative estimate of drug-likeness (QED) is 0.898. The van der Waals surface area contributed by atoms with E-state index in [0.717, 1.165) is 5.56 Å². The highest BCUT2D eigenvalue weighted by atomic mass is 16.2. The predicted molar refractivity (Wildman–Crippen MR) is 75.4 cm³/mol. The molecule has 1 aromatic carbocycles. The lowest BCUT2D eigenvalue weighted by Gasteiger charge is -2.23. The summed E-state index contributed by atoms with van der Waals surface area (Å²) in [6.45, 7) is 6.87. The van der Waals surface area contributed by atoms with E-state index in [4.69, 9.17) is 5.26 Å². The Labute approximate surface area is 115 Å². The van der Waals surface area contributed by atoms with Crippen molar-refractivity contribution >= 4 is 5.91 Å². The minimum atomic E-state index is -0.210. The van der Waals surface area contributed by atoms with Crippen molar-refractivity contribution in [1.29, 1.82) is 5.26 Å². The van der Waals surface area contributed by atoms with Crippen LogP contribution < -0.4 is 5.32 Å². The number of hydrogen-bond acceptors (Lipinski definition) is 3. The number of rotatable bonds is 4. The van der Waals surface area contributed by atoms with Gasteiger partial charge in [0.15, 0.2) is 0 Å². The molecule has 0 aliphatic rings. The van der Waals surface area contributed by atoms with Crippen molar-refractivity contribution in [2.45, 2.75) is 32.9 Å². The molecule has 0 atom stereocenters. The van der Waals surface area contributed by atoms with E-state index in [2.05, 4.69) is 11.4 Å². The first kappa shape index (κ1) is 15.2. The van der Waals surface area contributed by atoms with Gasteiger partial charge in [-0.25, -0.2) is 0 Å². The summed E-state index contributed by atoms with van der Waals surface area (Å²) in [4.78, 5) is 13.7. The van der Waals surface area contributed by atoms with Crippen molar-refractivity contribution in [2.75, 3.05) is 13.6 Å². The third kappa shape index (κ3) is 6.03. The Hall–Kier alpha value is -1.86. The zero-order chi connectivity index (χ0) is 14.5. The summed E-state index contributed by atoms with van der Waals surface area (Å²) in [5.41, 5.74) is 1.47. The topological polar surface area (TPSA) is 56.1 Å². The molecule has 1 N–H and O–H groups in total. The lowest BCUT2D eigenvalue weighted by atomic mass is 10.1. The summed E-state index contributed by atoms with van der Waals surface area (Å²) in [6.07, 6.45) is 0. The van der Waals surface area contributed by atoms with Gasteiger partial charge in [0.05, 0.1) is 18.2 Å².